The number of carbonyl (C=O) groups excluding carboxylic acids is 2. The highest BCUT2D eigenvalue weighted by atomic mass is 32.1. The van der Waals surface area contributed by atoms with E-state index >= 15 is 0 Å². The van der Waals surface area contributed by atoms with Gasteiger partial charge in [-0.2, -0.15) is 0 Å². The molecule has 31 heavy (non-hydrogen) atoms. The van der Waals surface area contributed by atoms with Crippen molar-refractivity contribution >= 4 is 39.9 Å². The number of hydrogen-bond acceptors (Lipinski definition) is 5. The quantitative estimate of drug-likeness (QED) is 0.492. The molecule has 5 nitrogen and oxygen atoms in total. The maximum absolute atomic E-state index is 12.8. The molecule has 0 fully saturated rings. The monoisotopic (exact) mass is 432 g/mol. The highest BCUT2D eigenvalue weighted by Crippen LogP contribution is 2.36. The van der Waals surface area contributed by atoms with Crippen LogP contribution in [0.1, 0.15) is 48.0 Å². The highest BCUT2D eigenvalue weighted by molar-refractivity contribution is 7.14. The van der Waals surface area contributed by atoms with Gasteiger partial charge in [0.25, 0.3) is 0 Å². The molecular weight excluding hydrogens is 408 g/mol. The fourth-order valence-electron chi connectivity index (χ4n) is 3.80. The van der Waals surface area contributed by atoms with Gasteiger partial charge in [0.1, 0.15) is 12.4 Å². The van der Waals surface area contributed by atoms with Gasteiger partial charge in [-0.05, 0) is 42.2 Å². The molecule has 0 N–H and O–H groups in total. The van der Waals surface area contributed by atoms with E-state index in [4.69, 9.17) is 4.74 Å². The fraction of sp³-hybridized carbons (Fsp3) is 0.240. The standard InChI is InChI=1S/C25H24N2O3S/c1-4-17-9-8-10-18(5-2)23(17)27(16(3)28)25-26-20(15-31-25)13-19-14-30-22-12-7-6-11-21(22)24(19)29/h6-13,15H,4-5,14H2,1-3H3. The van der Waals surface area contributed by atoms with Gasteiger partial charge >= 0.3 is 0 Å². The number of amides is 1. The molecule has 0 aliphatic carbocycles. The summed E-state index contributed by atoms with van der Waals surface area (Å²) in [5.41, 5.74) is 4.89. The molecule has 0 unspecified atom stereocenters. The Hall–Kier alpha value is -3.25. The van der Waals surface area contributed by atoms with Crippen molar-refractivity contribution in [2.75, 3.05) is 11.5 Å². The van der Waals surface area contributed by atoms with Crippen LogP contribution in [0.2, 0.25) is 0 Å². The maximum atomic E-state index is 12.8. The Balaban J connectivity index is 1.71. The van der Waals surface area contributed by atoms with E-state index in [1.165, 1.54) is 11.3 Å². The molecule has 0 saturated heterocycles. The van der Waals surface area contributed by atoms with Crippen molar-refractivity contribution in [3.05, 3.63) is 75.8 Å². The zero-order chi connectivity index (χ0) is 22.0. The molecule has 0 bridgehead atoms. The Kier molecular flexibility index (Phi) is 6.00. The molecule has 6 heteroatoms. The van der Waals surface area contributed by atoms with E-state index in [-0.39, 0.29) is 18.3 Å². The van der Waals surface area contributed by atoms with Gasteiger partial charge in [-0.15, -0.1) is 11.3 Å². The van der Waals surface area contributed by atoms with Gasteiger partial charge in [0.05, 0.1) is 16.9 Å². The van der Waals surface area contributed by atoms with E-state index in [9.17, 15) is 9.59 Å². The zero-order valence-corrected chi connectivity index (χ0v) is 18.7. The van der Waals surface area contributed by atoms with E-state index < -0.39 is 0 Å². The maximum Gasteiger partial charge on any atom is 0.230 e. The Morgan fingerprint density at radius 1 is 1.13 bits per heavy atom. The minimum atomic E-state index is -0.0878. The van der Waals surface area contributed by atoms with Gasteiger partial charge in [-0.3, -0.25) is 14.5 Å². The van der Waals surface area contributed by atoms with Crippen molar-refractivity contribution < 1.29 is 14.3 Å². The van der Waals surface area contributed by atoms with Crippen LogP contribution in [0, 0.1) is 0 Å². The SMILES string of the molecule is CCc1cccc(CC)c1N(C(C)=O)c1nc(C=C2COc3ccccc3C2=O)cs1. The first-order valence-electron chi connectivity index (χ1n) is 10.4. The van der Waals surface area contributed by atoms with Gasteiger partial charge in [-0.1, -0.05) is 44.2 Å². The third kappa shape index (κ3) is 4.03. The lowest BCUT2D eigenvalue weighted by Crippen LogP contribution is -2.25. The first-order valence-corrected chi connectivity index (χ1v) is 11.3. The summed E-state index contributed by atoms with van der Waals surface area (Å²) in [4.78, 5) is 31.9. The van der Waals surface area contributed by atoms with Crippen molar-refractivity contribution in [1.29, 1.82) is 0 Å². The fourth-order valence-corrected chi connectivity index (χ4v) is 4.63. The number of nitrogens with zero attached hydrogens (tertiary/aromatic N) is 2. The lowest BCUT2D eigenvalue weighted by atomic mass is 10.00. The van der Waals surface area contributed by atoms with Crippen molar-refractivity contribution in [3.63, 3.8) is 0 Å². The smallest absolute Gasteiger partial charge is 0.230 e. The molecule has 1 aliphatic rings. The summed E-state index contributed by atoms with van der Waals surface area (Å²) >= 11 is 1.39. The van der Waals surface area contributed by atoms with Gasteiger partial charge in [0.15, 0.2) is 10.9 Å². The van der Waals surface area contributed by atoms with Gasteiger partial charge in [0.2, 0.25) is 5.91 Å². The summed E-state index contributed by atoms with van der Waals surface area (Å²) in [6, 6.07) is 13.4. The number of thiazole rings is 1. The molecule has 1 amide bonds. The molecule has 1 aliphatic heterocycles. The summed E-state index contributed by atoms with van der Waals surface area (Å²) in [5, 5.41) is 2.46. The number of ether oxygens (including phenoxy) is 1. The molecule has 0 atom stereocenters. The number of fused-ring (bicyclic) bond motifs is 1. The first kappa shape index (κ1) is 21.0. The second-order valence-corrected chi connectivity index (χ2v) is 8.16. The number of aromatic nitrogens is 1. The summed E-state index contributed by atoms with van der Waals surface area (Å²) in [6.07, 6.45) is 3.39. The van der Waals surface area contributed by atoms with Crippen molar-refractivity contribution in [2.45, 2.75) is 33.6 Å². The third-order valence-electron chi connectivity index (χ3n) is 5.33. The van der Waals surface area contributed by atoms with E-state index in [1.807, 2.05) is 23.6 Å². The Morgan fingerprint density at radius 3 is 2.52 bits per heavy atom. The normalized spacial score (nSPS) is 14.3. The molecule has 4 rings (SSSR count). The number of para-hydroxylation sites is 2. The average Bonchev–Trinajstić information content (AvgIpc) is 3.23. The van der Waals surface area contributed by atoms with E-state index in [2.05, 4.69) is 31.0 Å². The molecular formula is C25H24N2O3S. The number of anilines is 2. The van der Waals surface area contributed by atoms with Gasteiger partial charge in [-0.25, -0.2) is 4.98 Å². The van der Waals surface area contributed by atoms with Crippen LogP contribution in [0.5, 0.6) is 5.75 Å². The van der Waals surface area contributed by atoms with Crippen LogP contribution in [0.4, 0.5) is 10.8 Å². The van der Waals surface area contributed by atoms with Crippen molar-refractivity contribution in [2.24, 2.45) is 0 Å². The topological polar surface area (TPSA) is 59.5 Å². The molecule has 0 radical (unpaired) electrons. The number of carbonyl (C=O) groups is 2. The van der Waals surface area contributed by atoms with Crippen LogP contribution >= 0.6 is 11.3 Å². The lowest BCUT2D eigenvalue weighted by Gasteiger charge is -2.24. The molecule has 1 aromatic heterocycles. The Labute approximate surface area is 186 Å². The molecule has 0 saturated carbocycles. The lowest BCUT2D eigenvalue weighted by molar-refractivity contribution is -0.115. The predicted octanol–water partition coefficient (Wildman–Crippen LogP) is 5.61. The third-order valence-corrected chi connectivity index (χ3v) is 6.18. The minimum absolute atomic E-state index is 0.0515. The number of hydrogen-bond donors (Lipinski definition) is 0. The predicted molar refractivity (Wildman–Crippen MR) is 124 cm³/mol. The average molecular weight is 433 g/mol. The Morgan fingerprint density at radius 2 is 1.84 bits per heavy atom. The summed E-state index contributed by atoms with van der Waals surface area (Å²) in [7, 11) is 0. The minimum Gasteiger partial charge on any atom is -0.488 e. The van der Waals surface area contributed by atoms with Crippen molar-refractivity contribution in [3.8, 4) is 5.75 Å². The van der Waals surface area contributed by atoms with Crippen molar-refractivity contribution in [1.82, 2.24) is 4.98 Å². The molecule has 3 aromatic rings. The van der Waals surface area contributed by atoms with Crippen LogP contribution in [0.15, 0.2) is 53.4 Å². The number of Topliss-reactive ketones (excluding diaryl/α,β-unsaturated/α-hetero) is 1. The molecule has 0 spiro atoms. The highest BCUT2D eigenvalue weighted by Gasteiger charge is 2.25. The number of rotatable bonds is 5. The number of aryl methyl sites for hydroxylation is 2. The Bertz CT molecular complexity index is 1160. The summed E-state index contributed by atoms with van der Waals surface area (Å²) in [5.74, 6) is 0.467. The summed E-state index contributed by atoms with van der Waals surface area (Å²) in [6.45, 7) is 5.93. The van der Waals surface area contributed by atoms with Crippen LogP contribution in [0.3, 0.4) is 0 Å². The number of ketones is 1. The van der Waals surface area contributed by atoms with Gasteiger partial charge < -0.3 is 4.74 Å². The summed E-state index contributed by atoms with van der Waals surface area (Å²) < 4.78 is 5.72. The van der Waals surface area contributed by atoms with Crippen LogP contribution in [-0.4, -0.2) is 23.3 Å². The molecule has 158 valence electrons. The van der Waals surface area contributed by atoms with E-state index in [1.54, 1.807) is 30.0 Å². The largest absolute Gasteiger partial charge is 0.488 e. The van der Waals surface area contributed by atoms with Crippen LogP contribution in [0.25, 0.3) is 6.08 Å². The van der Waals surface area contributed by atoms with Crippen LogP contribution in [-0.2, 0) is 17.6 Å². The molecule has 2 heterocycles. The number of benzene rings is 2. The van der Waals surface area contributed by atoms with E-state index in [0.29, 0.717) is 27.7 Å². The first-order chi connectivity index (χ1) is 15.0. The van der Waals surface area contributed by atoms with E-state index in [0.717, 1.165) is 29.7 Å². The second-order valence-electron chi connectivity index (χ2n) is 7.32. The second kappa shape index (κ2) is 8.86. The van der Waals surface area contributed by atoms with Crippen LogP contribution < -0.4 is 9.64 Å². The van der Waals surface area contributed by atoms with Gasteiger partial charge in [0, 0.05) is 17.9 Å². The zero-order valence-electron chi connectivity index (χ0n) is 17.8. The molecule has 2 aromatic carbocycles.